The lowest BCUT2D eigenvalue weighted by molar-refractivity contribution is -0.123. The topological polar surface area (TPSA) is 26.3 Å². The molecule has 2 heteroatoms. The molecule has 0 aliphatic rings. The molecule has 2 nitrogen and oxygen atoms in total. The zero-order chi connectivity index (χ0) is 6.95. The minimum atomic E-state index is 0.393. The maximum Gasteiger partial charge on any atom is 0.297 e. The van der Waals surface area contributed by atoms with Crippen molar-refractivity contribution in [3.05, 3.63) is 25.0 Å². The largest absolute Gasteiger partial charge is 0.437 e. The quantitative estimate of drug-likeness (QED) is 0.242. The van der Waals surface area contributed by atoms with E-state index in [1.165, 1.54) is 6.26 Å². The average Bonchev–Trinajstić information content (AvgIpc) is 1.89. The van der Waals surface area contributed by atoms with Crippen LogP contribution in [0.25, 0.3) is 0 Å². The Hall–Kier alpha value is -1.05. The molecule has 0 spiro atoms. The van der Waals surface area contributed by atoms with Gasteiger partial charge >= 0.3 is 0 Å². The second-order valence-corrected chi connectivity index (χ2v) is 1.47. The molecule has 0 fully saturated rings. The number of hydrogen-bond acceptors (Lipinski definition) is 2. The van der Waals surface area contributed by atoms with Crippen LogP contribution in [-0.2, 0) is 9.53 Å². The number of carbonyl (C=O) groups is 1. The summed E-state index contributed by atoms with van der Waals surface area (Å²) in [5.41, 5.74) is 0. The SMILES string of the molecule is C=CCCC=COC=O. The van der Waals surface area contributed by atoms with Crippen LogP contribution in [0.1, 0.15) is 12.8 Å². The second kappa shape index (κ2) is 6.95. The molecular weight excluding hydrogens is 116 g/mol. The van der Waals surface area contributed by atoms with Crippen molar-refractivity contribution in [3.63, 3.8) is 0 Å². The van der Waals surface area contributed by atoms with E-state index < -0.39 is 0 Å². The molecule has 0 saturated carbocycles. The Balaban J connectivity index is 3.03. The van der Waals surface area contributed by atoms with Gasteiger partial charge in [-0.1, -0.05) is 6.08 Å². The van der Waals surface area contributed by atoms with E-state index in [1.54, 1.807) is 6.08 Å². The van der Waals surface area contributed by atoms with Gasteiger partial charge in [-0.25, -0.2) is 0 Å². The van der Waals surface area contributed by atoms with Crippen LogP contribution < -0.4 is 0 Å². The average molecular weight is 126 g/mol. The van der Waals surface area contributed by atoms with Crippen LogP contribution in [0.4, 0.5) is 0 Å². The summed E-state index contributed by atoms with van der Waals surface area (Å²) < 4.78 is 4.28. The molecule has 0 aromatic heterocycles. The predicted octanol–water partition coefficient (Wildman–Crippen LogP) is 1.64. The Kier molecular flexibility index (Phi) is 6.14. The van der Waals surface area contributed by atoms with Gasteiger partial charge in [-0.3, -0.25) is 4.79 Å². The number of ether oxygens (including phenoxy) is 1. The van der Waals surface area contributed by atoms with Gasteiger partial charge in [-0.15, -0.1) is 6.58 Å². The third-order valence-electron chi connectivity index (χ3n) is 0.768. The van der Waals surface area contributed by atoms with Gasteiger partial charge in [0, 0.05) is 0 Å². The van der Waals surface area contributed by atoms with E-state index >= 15 is 0 Å². The van der Waals surface area contributed by atoms with Crippen molar-refractivity contribution >= 4 is 6.47 Å². The zero-order valence-corrected chi connectivity index (χ0v) is 5.25. The number of carbonyl (C=O) groups excluding carboxylic acids is 1. The standard InChI is InChI=1S/C7H10O2/c1-2-3-4-5-6-9-7-8/h2,5-7H,1,3-4H2. The van der Waals surface area contributed by atoms with Crippen LogP contribution in [0.5, 0.6) is 0 Å². The second-order valence-electron chi connectivity index (χ2n) is 1.47. The maximum absolute atomic E-state index is 9.54. The van der Waals surface area contributed by atoms with Crippen molar-refractivity contribution in [2.24, 2.45) is 0 Å². The molecular formula is C7H10O2. The Morgan fingerprint density at radius 2 is 2.22 bits per heavy atom. The van der Waals surface area contributed by atoms with Crippen LogP contribution in [0.3, 0.4) is 0 Å². The number of hydrogen-bond donors (Lipinski definition) is 0. The Morgan fingerprint density at radius 3 is 2.78 bits per heavy atom. The lowest BCUT2D eigenvalue weighted by atomic mass is 10.3. The molecule has 50 valence electrons. The summed E-state index contributed by atoms with van der Waals surface area (Å²) in [6.07, 6.45) is 6.74. The van der Waals surface area contributed by atoms with Gasteiger partial charge < -0.3 is 4.74 Å². The highest BCUT2D eigenvalue weighted by molar-refractivity contribution is 5.38. The van der Waals surface area contributed by atoms with Gasteiger partial charge in [0.1, 0.15) is 0 Å². The molecule has 0 aromatic carbocycles. The summed E-state index contributed by atoms with van der Waals surface area (Å²) in [5, 5.41) is 0. The highest BCUT2D eigenvalue weighted by Gasteiger charge is 1.72. The summed E-state index contributed by atoms with van der Waals surface area (Å²) in [5.74, 6) is 0. The third-order valence-corrected chi connectivity index (χ3v) is 0.768. The molecule has 0 unspecified atom stereocenters. The lowest BCUT2D eigenvalue weighted by Crippen LogP contribution is -1.72. The number of unbranched alkanes of at least 4 members (excludes halogenated alkanes) is 1. The lowest BCUT2D eigenvalue weighted by Gasteiger charge is -1.83. The molecule has 0 amide bonds. The molecule has 0 aliphatic carbocycles. The molecule has 9 heavy (non-hydrogen) atoms. The summed E-state index contributed by atoms with van der Waals surface area (Å²) in [6.45, 7) is 3.93. The maximum atomic E-state index is 9.54. The fourth-order valence-corrected chi connectivity index (χ4v) is 0.370. The first kappa shape index (κ1) is 7.95. The van der Waals surface area contributed by atoms with E-state index in [4.69, 9.17) is 0 Å². The van der Waals surface area contributed by atoms with Crippen molar-refractivity contribution in [1.82, 2.24) is 0 Å². The van der Waals surface area contributed by atoms with Crippen molar-refractivity contribution in [3.8, 4) is 0 Å². The van der Waals surface area contributed by atoms with E-state index in [0.717, 1.165) is 12.8 Å². The molecule has 0 aliphatic heterocycles. The first-order chi connectivity index (χ1) is 4.41. The summed E-state index contributed by atoms with van der Waals surface area (Å²) in [6, 6.07) is 0. The normalized spacial score (nSPS) is 9.33. The van der Waals surface area contributed by atoms with Gasteiger partial charge in [-0.05, 0) is 18.9 Å². The van der Waals surface area contributed by atoms with Crippen molar-refractivity contribution in [2.75, 3.05) is 0 Å². The molecule has 0 saturated heterocycles. The Bertz CT molecular complexity index is 105. The van der Waals surface area contributed by atoms with Gasteiger partial charge in [-0.2, -0.15) is 0 Å². The van der Waals surface area contributed by atoms with E-state index in [-0.39, 0.29) is 0 Å². The first-order valence-corrected chi connectivity index (χ1v) is 2.77. The highest BCUT2D eigenvalue weighted by atomic mass is 16.5. The third kappa shape index (κ3) is 6.95. The van der Waals surface area contributed by atoms with Crippen LogP contribution in [0, 0.1) is 0 Å². The van der Waals surface area contributed by atoms with Gasteiger partial charge in [0.15, 0.2) is 0 Å². The van der Waals surface area contributed by atoms with Gasteiger partial charge in [0.05, 0.1) is 6.26 Å². The molecule has 0 bridgehead atoms. The Labute approximate surface area is 54.8 Å². The van der Waals surface area contributed by atoms with Gasteiger partial charge in [0.2, 0.25) is 0 Å². The Morgan fingerprint density at radius 1 is 1.44 bits per heavy atom. The van der Waals surface area contributed by atoms with Crippen molar-refractivity contribution in [2.45, 2.75) is 12.8 Å². The fraction of sp³-hybridized carbons (Fsp3) is 0.286. The molecule has 0 N–H and O–H groups in total. The highest BCUT2D eigenvalue weighted by Crippen LogP contribution is 1.89. The molecule has 0 heterocycles. The monoisotopic (exact) mass is 126 g/mol. The van der Waals surface area contributed by atoms with Crippen LogP contribution in [0.2, 0.25) is 0 Å². The number of allylic oxidation sites excluding steroid dienone is 2. The van der Waals surface area contributed by atoms with Gasteiger partial charge in [0.25, 0.3) is 6.47 Å². The van der Waals surface area contributed by atoms with E-state index in [9.17, 15) is 4.79 Å². The molecule has 0 radical (unpaired) electrons. The smallest absolute Gasteiger partial charge is 0.297 e. The van der Waals surface area contributed by atoms with Crippen LogP contribution in [0.15, 0.2) is 25.0 Å². The van der Waals surface area contributed by atoms with Crippen molar-refractivity contribution in [1.29, 1.82) is 0 Å². The molecule has 0 rings (SSSR count). The molecule has 0 aromatic rings. The summed E-state index contributed by atoms with van der Waals surface area (Å²) in [7, 11) is 0. The minimum Gasteiger partial charge on any atom is -0.437 e. The van der Waals surface area contributed by atoms with E-state index in [1.807, 2.05) is 6.08 Å². The van der Waals surface area contributed by atoms with Crippen LogP contribution >= 0.6 is 0 Å². The van der Waals surface area contributed by atoms with Crippen molar-refractivity contribution < 1.29 is 9.53 Å². The first-order valence-electron chi connectivity index (χ1n) is 2.77. The predicted molar refractivity (Wildman–Crippen MR) is 35.7 cm³/mol. The zero-order valence-electron chi connectivity index (χ0n) is 5.25. The fourth-order valence-electron chi connectivity index (χ4n) is 0.370. The minimum absolute atomic E-state index is 0.393. The summed E-state index contributed by atoms with van der Waals surface area (Å²) >= 11 is 0. The number of rotatable bonds is 5. The molecule has 0 atom stereocenters. The van der Waals surface area contributed by atoms with Crippen LogP contribution in [-0.4, -0.2) is 6.47 Å². The van der Waals surface area contributed by atoms with E-state index in [0.29, 0.717) is 6.47 Å². The summed E-state index contributed by atoms with van der Waals surface area (Å²) in [4.78, 5) is 9.54. The van der Waals surface area contributed by atoms with E-state index in [2.05, 4.69) is 11.3 Å².